The fourth-order valence-corrected chi connectivity index (χ4v) is 4.69. The van der Waals surface area contributed by atoms with Crippen LogP contribution in [0.4, 0.5) is 0 Å². The Balaban J connectivity index is 1.26. The molecule has 0 amide bonds. The van der Waals surface area contributed by atoms with Crippen molar-refractivity contribution in [2.75, 3.05) is 26.2 Å². The molecule has 4 nitrogen and oxygen atoms in total. The summed E-state index contributed by atoms with van der Waals surface area (Å²) >= 11 is 0. The number of benzene rings is 2. The minimum absolute atomic E-state index is 0.730. The minimum Gasteiger partial charge on any atom is -0.444 e. The van der Waals surface area contributed by atoms with Crippen molar-refractivity contribution in [1.82, 2.24) is 14.8 Å². The number of likely N-dealkylation sites (tertiary alicyclic amines) is 2. The molecule has 0 radical (unpaired) electrons. The van der Waals surface area contributed by atoms with Crippen LogP contribution in [0.1, 0.15) is 31.4 Å². The van der Waals surface area contributed by atoms with Crippen molar-refractivity contribution >= 4 is 10.8 Å². The van der Waals surface area contributed by atoms with Crippen LogP contribution in [0.2, 0.25) is 0 Å². The van der Waals surface area contributed by atoms with Crippen LogP contribution in [0.15, 0.2) is 53.1 Å². The van der Waals surface area contributed by atoms with Crippen molar-refractivity contribution in [2.24, 2.45) is 0 Å². The molecule has 0 saturated carbocycles. The number of hydrogen-bond acceptors (Lipinski definition) is 4. The highest BCUT2D eigenvalue weighted by Gasteiger charge is 2.26. The molecule has 0 unspecified atom stereocenters. The molecule has 0 spiro atoms. The largest absolute Gasteiger partial charge is 0.444 e. The molecule has 27 heavy (non-hydrogen) atoms. The van der Waals surface area contributed by atoms with E-state index in [9.17, 15) is 0 Å². The number of piperidine rings is 1. The van der Waals surface area contributed by atoms with E-state index in [0.717, 1.165) is 42.8 Å². The van der Waals surface area contributed by atoms with E-state index in [-0.39, 0.29) is 0 Å². The van der Waals surface area contributed by atoms with Gasteiger partial charge in [0.25, 0.3) is 0 Å². The van der Waals surface area contributed by atoms with E-state index in [0.29, 0.717) is 0 Å². The third-order valence-electron chi connectivity index (χ3n) is 6.17. The molecule has 2 fully saturated rings. The first kappa shape index (κ1) is 17.0. The lowest BCUT2D eigenvalue weighted by molar-refractivity contribution is 0.122. The van der Waals surface area contributed by atoms with Gasteiger partial charge in [-0.05, 0) is 55.6 Å². The fourth-order valence-electron chi connectivity index (χ4n) is 4.69. The normalized spacial score (nSPS) is 19.9. The van der Waals surface area contributed by atoms with E-state index in [1.807, 2.05) is 6.26 Å². The van der Waals surface area contributed by atoms with Crippen LogP contribution in [0.5, 0.6) is 0 Å². The summed E-state index contributed by atoms with van der Waals surface area (Å²) in [6, 6.07) is 15.5. The van der Waals surface area contributed by atoms with E-state index in [2.05, 4.69) is 52.3 Å². The van der Waals surface area contributed by atoms with E-state index in [4.69, 9.17) is 9.40 Å². The summed E-state index contributed by atoms with van der Waals surface area (Å²) in [6.45, 7) is 5.83. The number of oxazole rings is 1. The fraction of sp³-hybridized carbons (Fsp3) is 0.435. The quantitative estimate of drug-likeness (QED) is 0.682. The summed E-state index contributed by atoms with van der Waals surface area (Å²) in [5.74, 6) is 0.730. The highest BCUT2D eigenvalue weighted by Crippen LogP contribution is 2.28. The van der Waals surface area contributed by atoms with Crippen molar-refractivity contribution in [3.8, 4) is 11.5 Å². The molecule has 0 atom stereocenters. The van der Waals surface area contributed by atoms with Crippen molar-refractivity contribution in [3.05, 3.63) is 54.4 Å². The lowest BCUT2D eigenvalue weighted by Crippen LogP contribution is -2.43. The molecular weight excluding hydrogens is 334 g/mol. The summed E-state index contributed by atoms with van der Waals surface area (Å²) in [4.78, 5) is 10.0. The van der Waals surface area contributed by atoms with Crippen LogP contribution < -0.4 is 0 Å². The van der Waals surface area contributed by atoms with Gasteiger partial charge in [0.15, 0.2) is 0 Å². The second-order valence-corrected chi connectivity index (χ2v) is 7.92. The maximum atomic E-state index is 5.86. The maximum Gasteiger partial charge on any atom is 0.226 e. The Labute approximate surface area is 160 Å². The lowest BCUT2D eigenvalue weighted by atomic mass is 10.0. The van der Waals surface area contributed by atoms with Gasteiger partial charge in [-0.1, -0.05) is 36.4 Å². The Kier molecular flexibility index (Phi) is 4.68. The maximum absolute atomic E-state index is 5.86. The highest BCUT2D eigenvalue weighted by molar-refractivity contribution is 5.94. The monoisotopic (exact) mass is 361 g/mol. The van der Waals surface area contributed by atoms with Crippen LogP contribution in [-0.4, -0.2) is 47.0 Å². The third kappa shape index (κ3) is 3.52. The Morgan fingerprint density at radius 1 is 0.926 bits per heavy atom. The number of aromatic nitrogens is 1. The molecule has 0 aliphatic carbocycles. The predicted octanol–water partition coefficient (Wildman–Crippen LogP) is 4.56. The second kappa shape index (κ2) is 7.45. The topological polar surface area (TPSA) is 32.5 Å². The molecular formula is C23H27N3O. The molecule has 3 heterocycles. The van der Waals surface area contributed by atoms with Crippen LogP contribution in [0, 0.1) is 0 Å². The molecule has 5 rings (SSSR count). The molecule has 2 aliphatic rings. The van der Waals surface area contributed by atoms with Crippen LogP contribution in [0.25, 0.3) is 22.2 Å². The van der Waals surface area contributed by atoms with Crippen LogP contribution in [-0.2, 0) is 6.54 Å². The minimum atomic E-state index is 0.730. The van der Waals surface area contributed by atoms with E-state index >= 15 is 0 Å². The van der Waals surface area contributed by atoms with Gasteiger partial charge in [0.05, 0.1) is 5.69 Å². The van der Waals surface area contributed by atoms with Gasteiger partial charge in [0.2, 0.25) is 5.89 Å². The van der Waals surface area contributed by atoms with Gasteiger partial charge in [-0.2, -0.15) is 0 Å². The third-order valence-corrected chi connectivity index (χ3v) is 6.17. The Morgan fingerprint density at radius 3 is 2.56 bits per heavy atom. The highest BCUT2D eigenvalue weighted by atomic mass is 16.3. The average molecular weight is 361 g/mol. The first-order chi connectivity index (χ1) is 13.4. The zero-order valence-corrected chi connectivity index (χ0v) is 15.8. The van der Waals surface area contributed by atoms with Gasteiger partial charge < -0.3 is 9.32 Å². The first-order valence-electron chi connectivity index (χ1n) is 10.3. The smallest absolute Gasteiger partial charge is 0.226 e. The molecule has 2 aliphatic heterocycles. The van der Waals surface area contributed by atoms with Crippen LogP contribution >= 0.6 is 0 Å². The number of fused-ring (bicyclic) bond motifs is 1. The van der Waals surface area contributed by atoms with Crippen LogP contribution in [0.3, 0.4) is 0 Å². The first-order valence-corrected chi connectivity index (χ1v) is 10.3. The molecule has 2 saturated heterocycles. The standard InChI is InChI=1S/C23H27N3O/c1-2-8-21-18(6-1)7-5-9-22(21)23-24-19(17-27-23)16-25-14-10-20(11-15-25)26-12-3-4-13-26/h1-2,5-9,17,20H,3-4,10-16H2. The molecule has 0 bridgehead atoms. The second-order valence-electron chi connectivity index (χ2n) is 7.92. The number of rotatable bonds is 4. The SMILES string of the molecule is c1ccc2c(-c3nc(CN4CCC(N5CCCC5)CC4)co3)cccc2c1. The van der Waals surface area contributed by atoms with Gasteiger partial charge in [-0.3, -0.25) is 4.90 Å². The number of hydrogen-bond donors (Lipinski definition) is 0. The zero-order valence-electron chi connectivity index (χ0n) is 15.8. The molecule has 0 N–H and O–H groups in total. The molecule has 2 aromatic carbocycles. The summed E-state index contributed by atoms with van der Waals surface area (Å²) < 4.78 is 5.86. The van der Waals surface area contributed by atoms with Crippen molar-refractivity contribution < 1.29 is 4.42 Å². The Morgan fingerprint density at radius 2 is 1.70 bits per heavy atom. The van der Waals surface area contributed by atoms with Gasteiger partial charge in [0, 0.05) is 31.2 Å². The number of nitrogens with zero attached hydrogens (tertiary/aromatic N) is 3. The summed E-state index contributed by atoms with van der Waals surface area (Å²) in [5, 5.41) is 2.42. The molecule has 4 heteroatoms. The van der Waals surface area contributed by atoms with E-state index in [1.54, 1.807) is 0 Å². The van der Waals surface area contributed by atoms with Gasteiger partial charge in [0.1, 0.15) is 6.26 Å². The van der Waals surface area contributed by atoms with Crippen molar-refractivity contribution in [1.29, 1.82) is 0 Å². The summed E-state index contributed by atoms with van der Waals surface area (Å²) in [7, 11) is 0. The van der Waals surface area contributed by atoms with Crippen molar-refractivity contribution in [3.63, 3.8) is 0 Å². The zero-order chi connectivity index (χ0) is 18.1. The van der Waals surface area contributed by atoms with Gasteiger partial charge in [-0.25, -0.2) is 4.98 Å². The molecule has 3 aromatic rings. The molecule has 1 aromatic heterocycles. The average Bonchev–Trinajstić information content (AvgIpc) is 3.41. The van der Waals surface area contributed by atoms with Gasteiger partial charge in [-0.15, -0.1) is 0 Å². The Hall–Kier alpha value is -2.17. The lowest BCUT2D eigenvalue weighted by Gasteiger charge is -2.36. The summed E-state index contributed by atoms with van der Waals surface area (Å²) in [5.41, 5.74) is 2.12. The van der Waals surface area contributed by atoms with Crippen molar-refractivity contribution in [2.45, 2.75) is 38.3 Å². The predicted molar refractivity (Wildman–Crippen MR) is 109 cm³/mol. The Bertz CT molecular complexity index is 899. The van der Waals surface area contributed by atoms with E-state index in [1.165, 1.54) is 49.5 Å². The van der Waals surface area contributed by atoms with E-state index < -0.39 is 0 Å². The summed E-state index contributed by atoms with van der Waals surface area (Å²) in [6.07, 6.45) is 7.18. The molecule has 140 valence electrons. The van der Waals surface area contributed by atoms with Gasteiger partial charge >= 0.3 is 0 Å².